The molecule has 15 nitrogen and oxygen atoms in total. The zero-order chi connectivity index (χ0) is 27.4. The van der Waals surface area contributed by atoms with Crippen molar-refractivity contribution in [2.45, 2.75) is 51.7 Å². The largest absolute Gasteiger partial charge is 0.481 e. The summed E-state index contributed by atoms with van der Waals surface area (Å²) in [5, 5.41) is 44.4. The van der Waals surface area contributed by atoms with E-state index in [0.29, 0.717) is 5.69 Å². The van der Waals surface area contributed by atoms with Crippen LogP contribution in [0, 0.1) is 10.1 Å². The van der Waals surface area contributed by atoms with Gasteiger partial charge in [-0.05, 0) is 45.4 Å². The molecule has 1 aliphatic heterocycles. The molecule has 0 aromatic heterocycles. The standard InChI is InChI=1S/C6H6N2O2.C5H9NO2.2C3H7NO2.C2H4O2/c7-5-1-3-6(4-2-5)8(9)10;7-5(8)4-2-1-3-6-4;2*1-2(4)3(5)6;1-2(3)4/h1-4H,7H2;4,6H,1-3H2,(H,7,8);2*2H,4H2,1H3,(H,5,6);1H3,(H,3,4)/t;4-;2*2-;/m.000./s1. The molecule has 1 fully saturated rings. The van der Waals surface area contributed by atoms with E-state index < -0.39 is 40.9 Å². The fourth-order valence-corrected chi connectivity index (χ4v) is 1.49. The second-order valence-electron chi connectivity index (χ2n) is 6.61. The molecule has 0 aliphatic carbocycles. The Bertz CT molecular complexity index is 741. The van der Waals surface area contributed by atoms with Crippen molar-refractivity contribution in [1.82, 2.24) is 5.32 Å². The first-order valence-electron chi connectivity index (χ1n) is 9.65. The van der Waals surface area contributed by atoms with Crippen LogP contribution in [0.15, 0.2) is 24.3 Å². The normalized spacial score (nSPS) is 14.9. The fourth-order valence-electron chi connectivity index (χ4n) is 1.49. The minimum Gasteiger partial charge on any atom is -0.481 e. The second kappa shape index (κ2) is 19.8. The minimum absolute atomic E-state index is 0.0641. The topological polar surface area (TPSA) is 282 Å². The highest BCUT2D eigenvalue weighted by Gasteiger charge is 2.20. The van der Waals surface area contributed by atoms with Crippen molar-refractivity contribution in [1.29, 1.82) is 0 Å². The molecule has 1 aliphatic rings. The molecule has 15 heteroatoms. The number of anilines is 1. The molecule has 0 unspecified atom stereocenters. The Morgan fingerprint density at radius 1 is 1.00 bits per heavy atom. The number of benzene rings is 1. The van der Waals surface area contributed by atoms with Crippen LogP contribution >= 0.6 is 0 Å². The average Bonchev–Trinajstić information content (AvgIpc) is 3.24. The van der Waals surface area contributed by atoms with Gasteiger partial charge in [-0.3, -0.25) is 29.3 Å². The number of nitrogens with one attached hydrogen (secondary N) is 1. The molecule has 194 valence electrons. The number of hydrogen-bond acceptors (Lipinski definition) is 10. The summed E-state index contributed by atoms with van der Waals surface area (Å²) in [4.78, 5) is 47.9. The number of carboxylic acids is 4. The molecule has 3 atom stereocenters. The molecule has 2 rings (SSSR count). The van der Waals surface area contributed by atoms with Gasteiger partial charge in [0.2, 0.25) is 0 Å². The number of nitrogen functional groups attached to an aromatic ring is 1. The van der Waals surface area contributed by atoms with Gasteiger partial charge < -0.3 is 42.9 Å². The van der Waals surface area contributed by atoms with Crippen molar-refractivity contribution in [3.63, 3.8) is 0 Å². The van der Waals surface area contributed by atoms with Gasteiger partial charge in [0, 0.05) is 24.7 Å². The van der Waals surface area contributed by atoms with Crippen molar-refractivity contribution in [3.8, 4) is 0 Å². The summed E-state index contributed by atoms with van der Waals surface area (Å²) in [6.07, 6.45) is 1.78. The zero-order valence-electron chi connectivity index (χ0n) is 19.1. The van der Waals surface area contributed by atoms with Gasteiger partial charge in [-0.1, -0.05) is 0 Å². The highest BCUT2D eigenvalue weighted by Crippen LogP contribution is 2.12. The van der Waals surface area contributed by atoms with Crippen LogP contribution in [0.2, 0.25) is 0 Å². The molecule has 11 N–H and O–H groups in total. The summed E-state index contributed by atoms with van der Waals surface area (Å²) in [6, 6.07) is 4.01. The number of non-ortho nitro benzene ring substituents is 1. The third-order valence-corrected chi connectivity index (χ3v) is 3.24. The summed E-state index contributed by atoms with van der Waals surface area (Å²) >= 11 is 0. The van der Waals surface area contributed by atoms with E-state index in [0.717, 1.165) is 26.3 Å². The summed E-state index contributed by atoms with van der Waals surface area (Å²) in [5.41, 5.74) is 15.6. The van der Waals surface area contributed by atoms with Gasteiger partial charge in [0.1, 0.15) is 18.1 Å². The Morgan fingerprint density at radius 3 is 1.53 bits per heavy atom. The predicted octanol–water partition coefficient (Wildman–Crippen LogP) is -0.0727. The molecular weight excluding hydrogens is 458 g/mol. The van der Waals surface area contributed by atoms with Crippen molar-refractivity contribution < 1.29 is 44.5 Å². The number of aliphatic carboxylic acids is 4. The van der Waals surface area contributed by atoms with Crippen molar-refractivity contribution in [3.05, 3.63) is 34.4 Å². The molecule has 0 saturated carbocycles. The lowest BCUT2D eigenvalue weighted by Gasteiger charge is -1.99. The van der Waals surface area contributed by atoms with E-state index in [1.54, 1.807) is 0 Å². The van der Waals surface area contributed by atoms with Crippen LogP contribution < -0.4 is 22.5 Å². The van der Waals surface area contributed by atoms with Gasteiger partial charge in [0.25, 0.3) is 11.7 Å². The molecule has 1 saturated heterocycles. The van der Waals surface area contributed by atoms with Gasteiger partial charge in [-0.15, -0.1) is 0 Å². The lowest BCUT2D eigenvalue weighted by Crippen LogP contribution is -2.29. The molecule has 0 radical (unpaired) electrons. The molecule has 0 spiro atoms. The van der Waals surface area contributed by atoms with Crippen molar-refractivity contribution in [2.24, 2.45) is 11.5 Å². The van der Waals surface area contributed by atoms with Crippen molar-refractivity contribution >= 4 is 35.3 Å². The lowest BCUT2D eigenvalue weighted by molar-refractivity contribution is -0.384. The van der Waals surface area contributed by atoms with Crippen LogP contribution in [0.4, 0.5) is 11.4 Å². The van der Waals surface area contributed by atoms with Gasteiger partial charge in [-0.25, -0.2) is 0 Å². The third kappa shape index (κ3) is 24.4. The monoisotopic (exact) mass is 491 g/mol. The fraction of sp³-hybridized carbons (Fsp3) is 0.474. The van der Waals surface area contributed by atoms with Gasteiger partial charge in [-0.2, -0.15) is 0 Å². The van der Waals surface area contributed by atoms with E-state index in [9.17, 15) is 24.5 Å². The second-order valence-corrected chi connectivity index (χ2v) is 6.61. The number of nitrogens with two attached hydrogens (primary N) is 3. The zero-order valence-corrected chi connectivity index (χ0v) is 19.1. The predicted molar refractivity (Wildman–Crippen MR) is 122 cm³/mol. The van der Waals surface area contributed by atoms with Gasteiger partial charge >= 0.3 is 17.9 Å². The van der Waals surface area contributed by atoms with E-state index in [-0.39, 0.29) is 11.7 Å². The average molecular weight is 491 g/mol. The number of hydrogen-bond donors (Lipinski definition) is 8. The molecule has 0 bridgehead atoms. The first kappa shape index (κ1) is 34.8. The van der Waals surface area contributed by atoms with Crippen molar-refractivity contribution in [2.75, 3.05) is 12.3 Å². The molecule has 1 aromatic rings. The van der Waals surface area contributed by atoms with Crippen LogP contribution in [0.5, 0.6) is 0 Å². The minimum atomic E-state index is -0.963. The summed E-state index contributed by atoms with van der Waals surface area (Å²) in [6.45, 7) is 4.78. The number of nitrogens with zero attached hydrogens (tertiary/aromatic N) is 1. The Morgan fingerprint density at radius 2 is 1.35 bits per heavy atom. The maximum absolute atomic E-state index is 10.1. The number of nitro benzene ring substituents is 1. The molecule has 1 heterocycles. The van der Waals surface area contributed by atoms with Gasteiger partial charge in [0.15, 0.2) is 0 Å². The Kier molecular flexibility index (Phi) is 20.3. The molecule has 1 aromatic carbocycles. The number of nitro groups is 1. The third-order valence-electron chi connectivity index (χ3n) is 3.24. The first-order valence-corrected chi connectivity index (χ1v) is 9.65. The van der Waals surface area contributed by atoms with Crippen LogP contribution in [-0.4, -0.2) is 73.9 Å². The van der Waals surface area contributed by atoms with E-state index in [1.165, 1.54) is 38.1 Å². The maximum Gasteiger partial charge on any atom is 0.320 e. The highest BCUT2D eigenvalue weighted by molar-refractivity contribution is 5.73. The number of carboxylic acid groups (broad SMARTS) is 4. The summed E-state index contributed by atoms with van der Waals surface area (Å²) in [5.74, 6) is -3.48. The Balaban J connectivity index is -0.000000366. The van der Waals surface area contributed by atoms with Crippen LogP contribution in [0.3, 0.4) is 0 Å². The van der Waals surface area contributed by atoms with Gasteiger partial charge in [0.05, 0.1) is 4.92 Å². The van der Waals surface area contributed by atoms with E-state index >= 15 is 0 Å². The Labute approximate surface area is 195 Å². The Hall–Kier alpha value is -3.82. The highest BCUT2D eigenvalue weighted by atomic mass is 16.6. The summed E-state index contributed by atoms with van der Waals surface area (Å²) < 4.78 is 0. The quantitative estimate of drug-likeness (QED) is 0.155. The molecule has 34 heavy (non-hydrogen) atoms. The smallest absolute Gasteiger partial charge is 0.320 e. The van der Waals surface area contributed by atoms with Crippen LogP contribution in [-0.2, 0) is 19.2 Å². The van der Waals surface area contributed by atoms with E-state index in [4.69, 9.17) is 42.4 Å². The van der Waals surface area contributed by atoms with Crippen LogP contribution in [0.1, 0.15) is 33.6 Å². The summed E-state index contributed by atoms with van der Waals surface area (Å²) in [7, 11) is 0. The number of carbonyl (C=O) groups is 4. The van der Waals surface area contributed by atoms with Crippen LogP contribution in [0.25, 0.3) is 0 Å². The molecular formula is C19H33N5O10. The number of rotatable bonds is 4. The lowest BCUT2D eigenvalue weighted by atomic mass is 10.2. The van der Waals surface area contributed by atoms with E-state index in [1.807, 2.05) is 0 Å². The SMILES string of the molecule is CC(=O)O.C[C@H](N)C(=O)O.C[C@H](N)C(=O)O.Nc1ccc([N+](=O)[O-])cc1.O=C(O)[C@@H]1CCCN1. The molecule has 0 amide bonds. The first-order chi connectivity index (χ1) is 15.5. The maximum atomic E-state index is 10.1. The van der Waals surface area contributed by atoms with E-state index in [2.05, 4.69) is 5.32 Å².